The van der Waals surface area contributed by atoms with Crippen molar-refractivity contribution in [2.24, 2.45) is 0 Å². The minimum Gasteiger partial charge on any atom is -0.497 e. The monoisotopic (exact) mass is 409 g/mol. The van der Waals surface area contributed by atoms with E-state index >= 15 is 0 Å². The molecular formula is C21H23N5O2S. The molecule has 0 bridgehead atoms. The molecule has 150 valence electrons. The molecule has 0 saturated heterocycles. The smallest absolute Gasteiger partial charge is 0.242 e. The van der Waals surface area contributed by atoms with Crippen LogP contribution < -0.4 is 10.1 Å². The van der Waals surface area contributed by atoms with E-state index in [1.165, 1.54) is 24.6 Å². The van der Waals surface area contributed by atoms with Gasteiger partial charge in [0.25, 0.3) is 0 Å². The number of tetrazole rings is 1. The highest BCUT2D eigenvalue weighted by atomic mass is 32.2. The number of carbonyl (C=O) groups is 1. The lowest BCUT2D eigenvalue weighted by Gasteiger charge is -2.18. The summed E-state index contributed by atoms with van der Waals surface area (Å²) >= 11 is 1.38. The van der Waals surface area contributed by atoms with Gasteiger partial charge in [0.15, 0.2) is 0 Å². The molecule has 1 heterocycles. The van der Waals surface area contributed by atoms with Gasteiger partial charge < -0.3 is 10.1 Å². The van der Waals surface area contributed by atoms with Crippen molar-refractivity contribution in [3.63, 3.8) is 0 Å². The van der Waals surface area contributed by atoms with Crippen molar-refractivity contribution in [2.45, 2.75) is 42.1 Å². The normalized spacial score (nSPS) is 15.2. The first kappa shape index (κ1) is 19.4. The van der Waals surface area contributed by atoms with Gasteiger partial charge >= 0.3 is 0 Å². The largest absolute Gasteiger partial charge is 0.497 e. The molecule has 3 aromatic rings. The second-order valence-corrected chi connectivity index (χ2v) is 8.05. The zero-order chi connectivity index (χ0) is 20.1. The van der Waals surface area contributed by atoms with Crippen LogP contribution in [0.3, 0.4) is 0 Å². The maximum absolute atomic E-state index is 13.2. The Kier molecular flexibility index (Phi) is 6.09. The standard InChI is InChI=1S/C21H23N5O2S/c1-28-18-13-7-10-16(14-18)22-20(27)19(15-8-3-2-4-9-15)29-21-23-24-25-26(21)17-11-5-6-12-17/h2-4,7-10,13-14,17,19H,5-6,11-12H2,1H3,(H,22,27). The Morgan fingerprint density at radius 1 is 1.17 bits per heavy atom. The van der Waals surface area contributed by atoms with Crippen LogP contribution >= 0.6 is 11.8 Å². The maximum Gasteiger partial charge on any atom is 0.242 e. The summed E-state index contributed by atoms with van der Waals surface area (Å²) < 4.78 is 7.13. The molecule has 1 unspecified atom stereocenters. The van der Waals surface area contributed by atoms with Crippen LogP contribution in [0.15, 0.2) is 59.8 Å². The fourth-order valence-electron chi connectivity index (χ4n) is 3.56. The molecule has 0 aliphatic heterocycles. The Morgan fingerprint density at radius 3 is 2.72 bits per heavy atom. The lowest BCUT2D eigenvalue weighted by atomic mass is 10.1. The number of aromatic nitrogens is 4. The number of hydrogen-bond donors (Lipinski definition) is 1. The number of amides is 1. The summed E-state index contributed by atoms with van der Waals surface area (Å²) in [5.41, 5.74) is 1.59. The van der Waals surface area contributed by atoms with Gasteiger partial charge in [0.2, 0.25) is 11.1 Å². The first-order valence-corrected chi connectivity index (χ1v) is 10.6. The maximum atomic E-state index is 13.2. The number of methoxy groups -OCH3 is 1. The minimum atomic E-state index is -0.478. The van der Waals surface area contributed by atoms with Crippen molar-refractivity contribution >= 4 is 23.4 Å². The lowest BCUT2D eigenvalue weighted by molar-refractivity contribution is -0.115. The van der Waals surface area contributed by atoms with E-state index in [0.29, 0.717) is 22.6 Å². The number of carbonyl (C=O) groups excluding carboxylic acids is 1. The highest BCUT2D eigenvalue weighted by Crippen LogP contribution is 2.38. The van der Waals surface area contributed by atoms with E-state index in [-0.39, 0.29) is 5.91 Å². The third-order valence-electron chi connectivity index (χ3n) is 5.03. The minimum absolute atomic E-state index is 0.129. The van der Waals surface area contributed by atoms with Crippen molar-refractivity contribution < 1.29 is 9.53 Å². The highest BCUT2D eigenvalue weighted by molar-refractivity contribution is 8.00. The zero-order valence-corrected chi connectivity index (χ0v) is 17.0. The van der Waals surface area contributed by atoms with Gasteiger partial charge in [-0.05, 0) is 41.0 Å². The summed E-state index contributed by atoms with van der Waals surface area (Å²) in [5, 5.41) is 15.5. The molecule has 1 aromatic heterocycles. The molecule has 4 rings (SSSR count). The van der Waals surface area contributed by atoms with E-state index in [1.54, 1.807) is 13.2 Å². The first-order chi connectivity index (χ1) is 14.2. The van der Waals surface area contributed by atoms with Gasteiger partial charge in [0.1, 0.15) is 11.0 Å². The van der Waals surface area contributed by atoms with Crippen LogP contribution in [0.1, 0.15) is 42.5 Å². The number of rotatable bonds is 7. The SMILES string of the molecule is COc1cccc(NC(=O)C(Sc2nnnn2C2CCCC2)c2ccccc2)c1. The van der Waals surface area contributed by atoms with Crippen LogP contribution in [0.25, 0.3) is 0 Å². The van der Waals surface area contributed by atoms with E-state index in [2.05, 4.69) is 20.8 Å². The summed E-state index contributed by atoms with van der Waals surface area (Å²) in [6, 6.07) is 17.3. The Morgan fingerprint density at radius 2 is 1.97 bits per heavy atom. The number of ether oxygens (including phenoxy) is 1. The van der Waals surface area contributed by atoms with E-state index in [4.69, 9.17) is 4.74 Å². The van der Waals surface area contributed by atoms with Gasteiger partial charge in [-0.1, -0.05) is 61.0 Å². The summed E-state index contributed by atoms with van der Waals surface area (Å²) in [5.74, 6) is 0.562. The van der Waals surface area contributed by atoms with E-state index in [1.807, 2.05) is 53.2 Å². The molecule has 1 aliphatic carbocycles. The zero-order valence-electron chi connectivity index (χ0n) is 16.2. The Labute approximate surface area is 173 Å². The van der Waals surface area contributed by atoms with E-state index in [0.717, 1.165) is 18.4 Å². The number of nitrogens with one attached hydrogen (secondary N) is 1. The van der Waals surface area contributed by atoms with Gasteiger partial charge in [0.05, 0.1) is 13.2 Å². The molecule has 1 fully saturated rings. The third kappa shape index (κ3) is 4.59. The third-order valence-corrected chi connectivity index (χ3v) is 6.24. The fraction of sp³-hybridized carbons (Fsp3) is 0.333. The molecule has 2 aromatic carbocycles. The first-order valence-electron chi connectivity index (χ1n) is 9.69. The second kappa shape index (κ2) is 9.09. The van der Waals surface area contributed by atoms with Gasteiger partial charge in [0, 0.05) is 11.8 Å². The van der Waals surface area contributed by atoms with Crippen LogP contribution in [-0.2, 0) is 4.79 Å². The second-order valence-electron chi connectivity index (χ2n) is 6.97. The predicted octanol–water partition coefficient (Wildman–Crippen LogP) is 4.27. The molecule has 29 heavy (non-hydrogen) atoms. The van der Waals surface area contributed by atoms with Crippen LogP contribution in [0.2, 0.25) is 0 Å². The van der Waals surface area contributed by atoms with Crippen molar-refractivity contribution in [3.8, 4) is 5.75 Å². The van der Waals surface area contributed by atoms with Crippen LogP contribution in [0, 0.1) is 0 Å². The van der Waals surface area contributed by atoms with Crippen molar-refractivity contribution in [2.75, 3.05) is 12.4 Å². The van der Waals surface area contributed by atoms with Crippen LogP contribution in [-0.4, -0.2) is 33.2 Å². The summed E-state index contributed by atoms with van der Waals surface area (Å²) in [4.78, 5) is 13.2. The average molecular weight is 410 g/mol. The van der Waals surface area contributed by atoms with Crippen molar-refractivity contribution in [3.05, 3.63) is 60.2 Å². The van der Waals surface area contributed by atoms with E-state index < -0.39 is 5.25 Å². The molecule has 1 aliphatic rings. The molecule has 8 heteroatoms. The number of benzene rings is 2. The van der Waals surface area contributed by atoms with Gasteiger partial charge in [-0.15, -0.1) is 5.10 Å². The molecule has 1 amide bonds. The molecule has 0 radical (unpaired) electrons. The van der Waals surface area contributed by atoms with Gasteiger partial charge in [-0.2, -0.15) is 0 Å². The van der Waals surface area contributed by atoms with Crippen molar-refractivity contribution in [1.29, 1.82) is 0 Å². The van der Waals surface area contributed by atoms with Crippen LogP contribution in [0.5, 0.6) is 5.75 Å². The van der Waals surface area contributed by atoms with Crippen molar-refractivity contribution in [1.82, 2.24) is 20.2 Å². The Hall–Kier alpha value is -2.87. The molecule has 1 N–H and O–H groups in total. The Bertz CT molecular complexity index is 956. The fourth-order valence-corrected chi connectivity index (χ4v) is 4.60. The topological polar surface area (TPSA) is 81.9 Å². The summed E-state index contributed by atoms with van der Waals surface area (Å²) in [6.07, 6.45) is 4.52. The summed E-state index contributed by atoms with van der Waals surface area (Å²) in [7, 11) is 1.60. The molecule has 1 atom stereocenters. The molecule has 1 saturated carbocycles. The van der Waals surface area contributed by atoms with Gasteiger partial charge in [-0.25, -0.2) is 4.68 Å². The molecule has 7 nitrogen and oxygen atoms in total. The lowest BCUT2D eigenvalue weighted by Crippen LogP contribution is -2.20. The molecular weight excluding hydrogens is 386 g/mol. The molecule has 0 spiro atoms. The number of hydrogen-bond acceptors (Lipinski definition) is 6. The van der Waals surface area contributed by atoms with Crippen LogP contribution in [0.4, 0.5) is 5.69 Å². The predicted molar refractivity (Wildman–Crippen MR) is 112 cm³/mol. The number of thioether (sulfide) groups is 1. The average Bonchev–Trinajstić information content (AvgIpc) is 3.44. The van der Waals surface area contributed by atoms with Gasteiger partial charge in [-0.3, -0.25) is 4.79 Å². The number of anilines is 1. The van der Waals surface area contributed by atoms with E-state index in [9.17, 15) is 4.79 Å². The quantitative estimate of drug-likeness (QED) is 0.587. The highest BCUT2D eigenvalue weighted by Gasteiger charge is 2.28. The summed E-state index contributed by atoms with van der Waals surface area (Å²) in [6.45, 7) is 0. The Balaban J connectivity index is 1.59. The number of nitrogens with zero attached hydrogens (tertiary/aromatic N) is 4.